The molecule has 0 spiro atoms. The smallest absolute Gasteiger partial charge is 0.214 e. The van der Waals surface area contributed by atoms with Crippen molar-refractivity contribution in [1.82, 2.24) is 0 Å². The third-order valence-electron chi connectivity index (χ3n) is 0.276. The lowest BCUT2D eigenvalue weighted by molar-refractivity contribution is 0.317. The van der Waals surface area contributed by atoms with E-state index < -0.39 is 12.8 Å². The van der Waals surface area contributed by atoms with E-state index in [9.17, 15) is 8.78 Å². The molecule has 1 nitrogen and oxygen atoms in total. The first-order chi connectivity index (χ1) is 2.81. The number of nitriles is 1. The van der Waals surface area contributed by atoms with E-state index >= 15 is 0 Å². The van der Waals surface area contributed by atoms with Crippen molar-refractivity contribution >= 4 is 0 Å². The van der Waals surface area contributed by atoms with Crippen LogP contribution < -0.4 is 0 Å². The molecule has 0 rings (SSSR count). The summed E-state index contributed by atoms with van der Waals surface area (Å²) in [5, 5.41) is 7.47. The van der Waals surface area contributed by atoms with Gasteiger partial charge in [-0.15, -0.1) is 0 Å². The molecule has 0 aromatic heterocycles. The molecule has 0 aliphatic rings. The van der Waals surface area contributed by atoms with Crippen LogP contribution in [-0.4, -0.2) is 12.8 Å². The van der Waals surface area contributed by atoms with Gasteiger partial charge in [0, 0.05) is 0 Å². The second kappa shape index (κ2) is 2.58. The maximum Gasteiger partial charge on any atom is 0.214 e. The van der Waals surface area contributed by atoms with Crippen LogP contribution in [0.1, 0.15) is 0 Å². The highest BCUT2D eigenvalue weighted by Gasteiger charge is 1.97. The Morgan fingerprint density at radius 2 is 2.33 bits per heavy atom. The lowest BCUT2D eigenvalue weighted by Gasteiger charge is -1.79. The maximum atomic E-state index is 11.1. The lowest BCUT2D eigenvalue weighted by atomic mass is 10.5. The van der Waals surface area contributed by atoms with Gasteiger partial charge >= 0.3 is 0 Å². The molecular formula is C3H3F2N. The summed E-state index contributed by atoms with van der Waals surface area (Å²) in [6.45, 7) is -1.20. The molecule has 0 N–H and O–H groups in total. The molecule has 1 atom stereocenters. The molecule has 0 saturated heterocycles. The number of hydrogen-bond donors (Lipinski definition) is 0. The minimum absolute atomic E-state index is 1.07. The van der Waals surface area contributed by atoms with Gasteiger partial charge in [0.1, 0.15) is 12.7 Å². The Bertz CT molecular complexity index is 65.7. The molecule has 1 unspecified atom stereocenters. The summed E-state index contributed by atoms with van der Waals surface area (Å²) < 4.78 is 21.9. The first-order valence-corrected chi connectivity index (χ1v) is 1.41. The van der Waals surface area contributed by atoms with E-state index in [0.717, 1.165) is 6.07 Å². The van der Waals surface area contributed by atoms with Gasteiger partial charge in [-0.2, -0.15) is 5.26 Å². The highest BCUT2D eigenvalue weighted by Crippen LogP contribution is 1.85. The van der Waals surface area contributed by atoms with Crippen LogP contribution in [0.5, 0.6) is 0 Å². The third kappa shape index (κ3) is 1.65. The zero-order chi connectivity index (χ0) is 4.99. The Kier molecular flexibility index (Phi) is 2.30. The van der Waals surface area contributed by atoms with Crippen LogP contribution >= 0.6 is 0 Å². The van der Waals surface area contributed by atoms with Gasteiger partial charge < -0.3 is 0 Å². The van der Waals surface area contributed by atoms with Crippen LogP contribution in [0.2, 0.25) is 0 Å². The third-order valence-corrected chi connectivity index (χ3v) is 0.276. The molecule has 0 saturated carbocycles. The van der Waals surface area contributed by atoms with Crippen LogP contribution in [0.15, 0.2) is 0 Å². The Labute approximate surface area is 34.2 Å². The summed E-state index contributed by atoms with van der Waals surface area (Å²) in [6, 6.07) is 1.07. The first-order valence-electron chi connectivity index (χ1n) is 1.41. The quantitative estimate of drug-likeness (QED) is 0.468. The summed E-state index contributed by atoms with van der Waals surface area (Å²) >= 11 is 0. The van der Waals surface area contributed by atoms with Gasteiger partial charge in [-0.1, -0.05) is 0 Å². The standard InChI is InChI=1S/C3H3F2N/c4-1-3(5)2-6/h3H,1H2. The van der Waals surface area contributed by atoms with Crippen LogP contribution in [0.3, 0.4) is 0 Å². The van der Waals surface area contributed by atoms with Gasteiger partial charge in [-0.25, -0.2) is 8.78 Å². The van der Waals surface area contributed by atoms with Gasteiger partial charge in [-0.3, -0.25) is 0 Å². The second-order valence-corrected chi connectivity index (χ2v) is 0.751. The molecule has 0 radical (unpaired) electrons. The fourth-order valence-electron chi connectivity index (χ4n) is 0.0345. The fourth-order valence-corrected chi connectivity index (χ4v) is 0.0345. The SMILES string of the molecule is N#CC(F)CF. The highest BCUT2D eigenvalue weighted by atomic mass is 19.2. The predicted octanol–water partition coefficient (Wildman–Crippen LogP) is 0.818. The average molecular weight is 91.1 g/mol. The molecule has 34 valence electrons. The first kappa shape index (κ1) is 5.35. The summed E-state index contributed by atoms with van der Waals surface area (Å²) in [4.78, 5) is 0. The van der Waals surface area contributed by atoms with Crippen molar-refractivity contribution < 1.29 is 8.78 Å². The van der Waals surface area contributed by atoms with E-state index in [1.807, 2.05) is 0 Å². The van der Waals surface area contributed by atoms with E-state index in [1.165, 1.54) is 0 Å². The summed E-state index contributed by atoms with van der Waals surface area (Å²) in [6.07, 6.45) is -1.93. The van der Waals surface area contributed by atoms with Crippen molar-refractivity contribution in [1.29, 1.82) is 5.26 Å². The normalized spacial score (nSPS) is 12.8. The average Bonchev–Trinajstić information content (AvgIpc) is 1.65. The Morgan fingerprint density at radius 1 is 1.83 bits per heavy atom. The van der Waals surface area contributed by atoms with Gasteiger partial charge in [0.15, 0.2) is 0 Å². The minimum Gasteiger partial charge on any atom is -0.247 e. The zero-order valence-corrected chi connectivity index (χ0v) is 2.99. The summed E-state index contributed by atoms with van der Waals surface area (Å²) in [5.41, 5.74) is 0. The summed E-state index contributed by atoms with van der Waals surface area (Å²) in [7, 11) is 0. The molecule has 0 heterocycles. The largest absolute Gasteiger partial charge is 0.247 e. The van der Waals surface area contributed by atoms with Crippen molar-refractivity contribution in [3.8, 4) is 6.07 Å². The maximum absolute atomic E-state index is 11.1. The highest BCUT2D eigenvalue weighted by molar-refractivity contribution is 4.80. The van der Waals surface area contributed by atoms with E-state index in [1.54, 1.807) is 0 Å². The van der Waals surface area contributed by atoms with Crippen molar-refractivity contribution in [2.75, 3.05) is 6.67 Å². The van der Waals surface area contributed by atoms with Gasteiger partial charge in [-0.05, 0) is 0 Å². The number of halogens is 2. The van der Waals surface area contributed by atoms with Crippen molar-refractivity contribution in [2.24, 2.45) is 0 Å². The fraction of sp³-hybridized carbons (Fsp3) is 0.667. The van der Waals surface area contributed by atoms with E-state index in [2.05, 4.69) is 0 Å². The van der Waals surface area contributed by atoms with Crippen LogP contribution in [0.4, 0.5) is 8.78 Å². The monoisotopic (exact) mass is 91.0 g/mol. The molecule has 0 aliphatic heterocycles. The lowest BCUT2D eigenvalue weighted by Crippen LogP contribution is -1.95. The molecule has 0 amide bonds. The molecule has 0 fully saturated rings. The Hall–Kier alpha value is -0.650. The molecule has 6 heavy (non-hydrogen) atoms. The predicted molar refractivity (Wildman–Crippen MR) is 16.5 cm³/mol. The summed E-state index contributed by atoms with van der Waals surface area (Å²) in [5.74, 6) is 0. The topological polar surface area (TPSA) is 23.8 Å². The number of alkyl halides is 2. The van der Waals surface area contributed by atoms with E-state index in [-0.39, 0.29) is 0 Å². The second-order valence-electron chi connectivity index (χ2n) is 0.751. The van der Waals surface area contributed by atoms with E-state index in [0.29, 0.717) is 0 Å². The van der Waals surface area contributed by atoms with Gasteiger partial charge in [0.25, 0.3) is 0 Å². The number of rotatable bonds is 1. The zero-order valence-electron chi connectivity index (χ0n) is 2.99. The van der Waals surface area contributed by atoms with Gasteiger partial charge in [0.2, 0.25) is 6.17 Å². The molecule has 0 aliphatic carbocycles. The number of hydrogen-bond acceptors (Lipinski definition) is 1. The molecule has 0 bridgehead atoms. The molecular weight excluding hydrogens is 88.0 g/mol. The molecule has 0 aromatic rings. The van der Waals surface area contributed by atoms with E-state index in [4.69, 9.17) is 5.26 Å². The van der Waals surface area contributed by atoms with Crippen molar-refractivity contribution in [3.63, 3.8) is 0 Å². The van der Waals surface area contributed by atoms with Crippen molar-refractivity contribution in [3.05, 3.63) is 0 Å². The molecule has 0 aromatic carbocycles. The minimum atomic E-state index is -1.93. The van der Waals surface area contributed by atoms with Crippen LogP contribution in [0.25, 0.3) is 0 Å². The van der Waals surface area contributed by atoms with Crippen molar-refractivity contribution in [2.45, 2.75) is 6.17 Å². The van der Waals surface area contributed by atoms with Crippen LogP contribution in [0, 0.1) is 11.3 Å². The Balaban J connectivity index is 3.04. The van der Waals surface area contributed by atoms with Crippen LogP contribution in [-0.2, 0) is 0 Å². The Morgan fingerprint density at radius 3 is 2.33 bits per heavy atom. The molecule has 3 heteroatoms. The number of nitrogens with zero attached hydrogens (tertiary/aromatic N) is 1. The van der Waals surface area contributed by atoms with Gasteiger partial charge in [0.05, 0.1) is 0 Å².